The molecule has 17 heavy (non-hydrogen) atoms. The van der Waals surface area contributed by atoms with E-state index in [0.29, 0.717) is 11.4 Å². The lowest BCUT2D eigenvalue weighted by Gasteiger charge is -2.12. The fourth-order valence-corrected chi connectivity index (χ4v) is 2.25. The van der Waals surface area contributed by atoms with Crippen LogP contribution in [-0.4, -0.2) is 5.11 Å². The first kappa shape index (κ1) is 12.9. The number of aliphatic hydroxyl groups is 1. The predicted octanol–water partition coefficient (Wildman–Crippen LogP) is 4.22. The van der Waals surface area contributed by atoms with Gasteiger partial charge in [0.1, 0.15) is 0 Å². The Kier molecular flexibility index (Phi) is 4.42. The van der Waals surface area contributed by atoms with E-state index in [0.717, 1.165) is 14.7 Å². The number of hydrogen-bond donors (Lipinski definition) is 1. The van der Waals surface area contributed by atoms with Gasteiger partial charge in [0.2, 0.25) is 0 Å². The zero-order chi connectivity index (χ0) is 12.3. The van der Waals surface area contributed by atoms with Crippen LogP contribution in [0, 0.1) is 3.57 Å². The Morgan fingerprint density at radius 2 is 1.71 bits per heavy atom. The van der Waals surface area contributed by atoms with Gasteiger partial charge in [-0.3, -0.25) is 0 Å². The third-order valence-corrected chi connectivity index (χ3v) is 3.71. The Hall–Kier alpha value is -0.580. The van der Waals surface area contributed by atoms with Crippen molar-refractivity contribution in [1.82, 2.24) is 0 Å². The third-order valence-electron chi connectivity index (χ3n) is 2.63. The van der Waals surface area contributed by atoms with Gasteiger partial charge in [0.25, 0.3) is 0 Å². The van der Waals surface area contributed by atoms with Crippen molar-refractivity contribution in [3.63, 3.8) is 0 Å². The average molecular weight is 359 g/mol. The zero-order valence-electron chi connectivity index (χ0n) is 9.11. The molecule has 0 aliphatic rings. The lowest BCUT2D eigenvalue weighted by atomic mass is 10.0. The van der Waals surface area contributed by atoms with Gasteiger partial charge >= 0.3 is 0 Å². The molecule has 0 radical (unpaired) electrons. The summed E-state index contributed by atoms with van der Waals surface area (Å²) in [5.74, 6) is 0. The Morgan fingerprint density at radius 1 is 1.06 bits per heavy atom. The van der Waals surface area contributed by atoms with Gasteiger partial charge in [-0.15, -0.1) is 0 Å². The SMILES string of the molecule is OC(Cc1ccccc1Cl)c1ccc(I)cc1. The molecular formula is C14H12ClIO. The molecule has 0 aliphatic heterocycles. The molecule has 88 valence electrons. The van der Waals surface area contributed by atoms with Crippen LogP contribution in [0.15, 0.2) is 48.5 Å². The van der Waals surface area contributed by atoms with E-state index >= 15 is 0 Å². The van der Waals surface area contributed by atoms with E-state index in [9.17, 15) is 5.11 Å². The second kappa shape index (κ2) is 5.85. The smallest absolute Gasteiger partial charge is 0.0830 e. The predicted molar refractivity (Wildman–Crippen MR) is 79.3 cm³/mol. The Labute approximate surface area is 120 Å². The van der Waals surface area contributed by atoms with Crippen molar-refractivity contribution < 1.29 is 5.11 Å². The largest absolute Gasteiger partial charge is 0.388 e. The molecule has 1 nitrogen and oxygen atoms in total. The molecule has 0 fully saturated rings. The number of rotatable bonds is 3. The zero-order valence-corrected chi connectivity index (χ0v) is 12.0. The maximum atomic E-state index is 10.1. The monoisotopic (exact) mass is 358 g/mol. The Bertz CT molecular complexity index is 496. The maximum absolute atomic E-state index is 10.1. The summed E-state index contributed by atoms with van der Waals surface area (Å²) in [7, 11) is 0. The van der Waals surface area contributed by atoms with Crippen LogP contribution in [0.4, 0.5) is 0 Å². The lowest BCUT2D eigenvalue weighted by molar-refractivity contribution is 0.178. The van der Waals surface area contributed by atoms with Gasteiger partial charge in [-0.2, -0.15) is 0 Å². The van der Waals surface area contributed by atoms with E-state index in [4.69, 9.17) is 11.6 Å². The van der Waals surface area contributed by atoms with Crippen LogP contribution in [0.2, 0.25) is 5.02 Å². The van der Waals surface area contributed by atoms with Crippen LogP contribution < -0.4 is 0 Å². The third kappa shape index (κ3) is 3.44. The minimum atomic E-state index is -0.508. The van der Waals surface area contributed by atoms with Crippen molar-refractivity contribution in [1.29, 1.82) is 0 Å². The Morgan fingerprint density at radius 3 is 2.35 bits per heavy atom. The van der Waals surface area contributed by atoms with Crippen LogP contribution in [0.1, 0.15) is 17.2 Å². The number of aliphatic hydroxyl groups excluding tert-OH is 1. The fraction of sp³-hybridized carbons (Fsp3) is 0.143. The fourth-order valence-electron chi connectivity index (χ4n) is 1.68. The second-order valence-corrected chi connectivity index (χ2v) is 5.52. The molecule has 2 aromatic carbocycles. The molecule has 0 heterocycles. The first-order valence-electron chi connectivity index (χ1n) is 5.34. The maximum Gasteiger partial charge on any atom is 0.0830 e. The minimum Gasteiger partial charge on any atom is -0.388 e. The summed E-state index contributed by atoms with van der Waals surface area (Å²) in [6.45, 7) is 0. The van der Waals surface area contributed by atoms with Crippen molar-refractivity contribution in [2.24, 2.45) is 0 Å². The molecule has 0 aliphatic carbocycles. The summed E-state index contributed by atoms with van der Waals surface area (Å²) in [4.78, 5) is 0. The summed E-state index contributed by atoms with van der Waals surface area (Å²) in [5.41, 5.74) is 1.89. The highest BCUT2D eigenvalue weighted by molar-refractivity contribution is 14.1. The van der Waals surface area contributed by atoms with Crippen molar-refractivity contribution in [3.05, 3.63) is 68.3 Å². The molecule has 0 aromatic heterocycles. The van der Waals surface area contributed by atoms with Gasteiger partial charge in [-0.05, 0) is 51.9 Å². The van der Waals surface area contributed by atoms with Gasteiger partial charge in [0.15, 0.2) is 0 Å². The van der Waals surface area contributed by atoms with Crippen molar-refractivity contribution in [2.45, 2.75) is 12.5 Å². The first-order chi connectivity index (χ1) is 8.16. The molecule has 0 amide bonds. The molecule has 1 N–H and O–H groups in total. The molecule has 0 saturated carbocycles. The van der Waals surface area contributed by atoms with Gasteiger partial charge < -0.3 is 5.11 Å². The number of hydrogen-bond acceptors (Lipinski definition) is 1. The van der Waals surface area contributed by atoms with E-state index in [1.54, 1.807) is 0 Å². The number of halogens is 2. The van der Waals surface area contributed by atoms with Crippen LogP contribution in [0.5, 0.6) is 0 Å². The van der Waals surface area contributed by atoms with Gasteiger partial charge in [-0.1, -0.05) is 41.9 Å². The summed E-state index contributed by atoms with van der Waals surface area (Å²) in [6.07, 6.45) is 0.0344. The minimum absolute atomic E-state index is 0.508. The van der Waals surface area contributed by atoms with Crippen molar-refractivity contribution >= 4 is 34.2 Å². The average Bonchev–Trinajstić information content (AvgIpc) is 2.33. The van der Waals surface area contributed by atoms with E-state index in [-0.39, 0.29) is 0 Å². The van der Waals surface area contributed by atoms with Crippen LogP contribution in [0.25, 0.3) is 0 Å². The molecule has 3 heteroatoms. The van der Waals surface area contributed by atoms with Gasteiger partial charge in [-0.25, -0.2) is 0 Å². The Balaban J connectivity index is 2.14. The van der Waals surface area contributed by atoms with E-state index in [1.807, 2.05) is 48.5 Å². The second-order valence-electron chi connectivity index (χ2n) is 3.86. The summed E-state index contributed by atoms with van der Waals surface area (Å²) in [6, 6.07) is 15.5. The first-order valence-corrected chi connectivity index (χ1v) is 6.79. The molecular weight excluding hydrogens is 347 g/mol. The van der Waals surface area contributed by atoms with Crippen molar-refractivity contribution in [2.75, 3.05) is 0 Å². The lowest BCUT2D eigenvalue weighted by Crippen LogP contribution is -2.02. The number of benzene rings is 2. The molecule has 1 atom stereocenters. The van der Waals surface area contributed by atoms with E-state index in [2.05, 4.69) is 22.6 Å². The van der Waals surface area contributed by atoms with Crippen LogP contribution >= 0.6 is 34.2 Å². The topological polar surface area (TPSA) is 20.2 Å². The van der Waals surface area contributed by atoms with E-state index in [1.165, 1.54) is 0 Å². The molecule has 0 saturated heterocycles. The normalized spacial score (nSPS) is 12.4. The van der Waals surface area contributed by atoms with E-state index < -0.39 is 6.10 Å². The van der Waals surface area contributed by atoms with Crippen LogP contribution in [0.3, 0.4) is 0 Å². The molecule has 0 spiro atoms. The van der Waals surface area contributed by atoms with Crippen molar-refractivity contribution in [3.8, 4) is 0 Å². The highest BCUT2D eigenvalue weighted by Gasteiger charge is 2.10. The highest BCUT2D eigenvalue weighted by Crippen LogP contribution is 2.23. The summed E-state index contributed by atoms with van der Waals surface area (Å²) in [5, 5.41) is 10.8. The van der Waals surface area contributed by atoms with Crippen LogP contribution in [-0.2, 0) is 6.42 Å². The van der Waals surface area contributed by atoms with Gasteiger partial charge in [0.05, 0.1) is 6.10 Å². The molecule has 2 rings (SSSR count). The molecule has 0 bridgehead atoms. The van der Waals surface area contributed by atoms with Gasteiger partial charge in [0, 0.05) is 15.0 Å². The molecule has 2 aromatic rings. The molecule has 1 unspecified atom stereocenters. The summed E-state index contributed by atoms with van der Waals surface area (Å²) < 4.78 is 1.16. The standard InChI is InChI=1S/C14H12ClIO/c15-13-4-2-1-3-11(13)9-14(17)10-5-7-12(16)8-6-10/h1-8,14,17H,9H2. The summed E-state index contributed by atoms with van der Waals surface area (Å²) >= 11 is 8.31. The quantitative estimate of drug-likeness (QED) is 0.815. The highest BCUT2D eigenvalue weighted by atomic mass is 127.